The Kier molecular flexibility index (Phi) is 4.80. The van der Waals surface area contributed by atoms with E-state index in [9.17, 15) is 4.79 Å². The molecule has 104 valence electrons. The minimum absolute atomic E-state index is 0.0762. The average molecular weight is 263 g/mol. The van der Waals surface area contributed by atoms with Gasteiger partial charge in [0.25, 0.3) is 0 Å². The monoisotopic (exact) mass is 263 g/mol. The number of carbonyl (C=O) groups excluding carboxylic acids is 1. The van der Waals surface area contributed by atoms with E-state index < -0.39 is 0 Å². The number of benzene rings is 1. The van der Waals surface area contributed by atoms with Crippen molar-refractivity contribution in [1.82, 2.24) is 4.90 Å². The van der Waals surface area contributed by atoms with Crippen LogP contribution in [-0.4, -0.2) is 35.7 Å². The third kappa shape index (κ3) is 3.96. The number of rotatable bonds is 7. The largest absolute Gasteiger partial charge is 0.497 e. The molecule has 0 radical (unpaired) electrons. The van der Waals surface area contributed by atoms with Crippen molar-refractivity contribution in [2.75, 3.05) is 13.7 Å². The lowest BCUT2D eigenvalue weighted by Crippen LogP contribution is -2.32. The van der Waals surface area contributed by atoms with E-state index in [-0.39, 0.29) is 12.5 Å². The maximum atomic E-state index is 12.1. The Morgan fingerprint density at radius 1 is 1.37 bits per heavy atom. The fraction of sp³-hybridized carbons (Fsp3) is 0.533. The molecule has 0 aromatic heterocycles. The third-order valence-electron chi connectivity index (χ3n) is 3.37. The number of methoxy groups -OCH3 is 1. The number of hydrogen-bond donors (Lipinski definition) is 1. The minimum atomic E-state index is 0.0762. The van der Waals surface area contributed by atoms with Crippen molar-refractivity contribution in [2.45, 2.75) is 38.3 Å². The van der Waals surface area contributed by atoms with Crippen LogP contribution in [0, 0.1) is 0 Å². The Hall–Kier alpha value is -1.55. The first-order valence-corrected chi connectivity index (χ1v) is 6.78. The van der Waals surface area contributed by atoms with Crippen LogP contribution in [0.1, 0.15) is 31.2 Å². The van der Waals surface area contributed by atoms with Crippen molar-refractivity contribution < 1.29 is 14.6 Å². The van der Waals surface area contributed by atoms with E-state index in [0.717, 1.165) is 24.2 Å². The van der Waals surface area contributed by atoms with Crippen LogP contribution in [-0.2, 0) is 11.3 Å². The van der Waals surface area contributed by atoms with Gasteiger partial charge in [0.2, 0.25) is 5.91 Å². The first-order chi connectivity index (χ1) is 9.24. The maximum Gasteiger partial charge on any atom is 0.223 e. The quantitative estimate of drug-likeness (QED) is 0.818. The van der Waals surface area contributed by atoms with Gasteiger partial charge >= 0.3 is 0 Å². The molecule has 0 aliphatic heterocycles. The zero-order chi connectivity index (χ0) is 13.7. The summed E-state index contributed by atoms with van der Waals surface area (Å²) in [5, 5.41) is 8.81. The molecule has 1 N–H and O–H groups in total. The molecular formula is C15H21NO3. The number of hydrogen-bond acceptors (Lipinski definition) is 3. The van der Waals surface area contributed by atoms with Crippen molar-refractivity contribution in [3.63, 3.8) is 0 Å². The summed E-state index contributed by atoms with van der Waals surface area (Å²) < 4.78 is 5.13. The first-order valence-electron chi connectivity index (χ1n) is 6.78. The summed E-state index contributed by atoms with van der Waals surface area (Å²) in [5.74, 6) is 0.973. The van der Waals surface area contributed by atoms with Crippen LogP contribution < -0.4 is 4.74 Å². The van der Waals surface area contributed by atoms with Crippen molar-refractivity contribution in [1.29, 1.82) is 0 Å². The number of aliphatic hydroxyl groups is 1. The van der Waals surface area contributed by atoms with Crippen LogP contribution >= 0.6 is 0 Å². The van der Waals surface area contributed by atoms with Gasteiger partial charge in [0.1, 0.15) is 5.75 Å². The first kappa shape index (κ1) is 13.9. The lowest BCUT2D eigenvalue weighted by molar-refractivity contribution is -0.132. The van der Waals surface area contributed by atoms with Crippen molar-refractivity contribution in [2.24, 2.45) is 0 Å². The Labute approximate surface area is 114 Å². The predicted molar refractivity (Wildman–Crippen MR) is 72.9 cm³/mol. The van der Waals surface area contributed by atoms with E-state index in [1.54, 1.807) is 7.11 Å². The van der Waals surface area contributed by atoms with Crippen molar-refractivity contribution >= 4 is 5.91 Å². The van der Waals surface area contributed by atoms with Crippen molar-refractivity contribution in [3.05, 3.63) is 29.8 Å². The van der Waals surface area contributed by atoms with Gasteiger partial charge in [-0.1, -0.05) is 12.1 Å². The molecule has 19 heavy (non-hydrogen) atoms. The topological polar surface area (TPSA) is 49.8 Å². The van der Waals surface area contributed by atoms with Crippen LogP contribution in [0.15, 0.2) is 24.3 Å². The van der Waals surface area contributed by atoms with Crippen LogP contribution in [0.4, 0.5) is 0 Å². The van der Waals surface area contributed by atoms with E-state index in [1.807, 2.05) is 29.2 Å². The summed E-state index contributed by atoms with van der Waals surface area (Å²) in [6.45, 7) is 0.728. The second-order valence-corrected chi connectivity index (χ2v) is 4.93. The Bertz CT molecular complexity index is 412. The predicted octanol–water partition coefficient (Wildman–Crippen LogP) is 1.96. The van der Waals surface area contributed by atoms with E-state index >= 15 is 0 Å². The molecule has 0 atom stereocenters. The molecule has 0 saturated heterocycles. The molecule has 1 aromatic carbocycles. The highest BCUT2D eigenvalue weighted by molar-refractivity contribution is 5.76. The molecule has 1 amide bonds. The molecule has 4 heteroatoms. The maximum absolute atomic E-state index is 12.1. The summed E-state index contributed by atoms with van der Waals surface area (Å²) in [7, 11) is 1.64. The number of ether oxygens (including phenoxy) is 1. The summed E-state index contributed by atoms with van der Waals surface area (Å²) in [6, 6.07) is 8.21. The van der Waals surface area contributed by atoms with E-state index in [2.05, 4.69) is 0 Å². The number of aliphatic hydroxyl groups excluding tert-OH is 1. The van der Waals surface area contributed by atoms with Gasteiger partial charge in [0.15, 0.2) is 0 Å². The number of nitrogens with zero attached hydrogens (tertiary/aromatic N) is 1. The summed E-state index contributed by atoms with van der Waals surface area (Å²) in [5.41, 5.74) is 1.12. The molecular weight excluding hydrogens is 242 g/mol. The summed E-state index contributed by atoms with van der Waals surface area (Å²) in [4.78, 5) is 14.0. The molecule has 1 aliphatic rings. The van der Waals surface area contributed by atoms with Gasteiger partial charge in [-0.2, -0.15) is 0 Å². The van der Waals surface area contributed by atoms with Crippen molar-refractivity contribution in [3.8, 4) is 5.75 Å². The molecule has 4 nitrogen and oxygen atoms in total. The fourth-order valence-corrected chi connectivity index (χ4v) is 2.11. The zero-order valence-corrected chi connectivity index (χ0v) is 11.3. The molecule has 1 aromatic rings. The van der Waals surface area contributed by atoms with E-state index in [1.165, 1.54) is 0 Å². The highest BCUT2D eigenvalue weighted by atomic mass is 16.5. The highest BCUT2D eigenvalue weighted by Gasteiger charge is 2.31. The highest BCUT2D eigenvalue weighted by Crippen LogP contribution is 2.29. The van der Waals surface area contributed by atoms with Gasteiger partial charge in [0, 0.05) is 25.6 Å². The minimum Gasteiger partial charge on any atom is -0.497 e. The standard InChI is InChI=1S/C15H21NO3/c1-19-14-8-4-12(5-9-14)11-16(13-6-7-13)15(18)3-2-10-17/h4-5,8-9,13,17H,2-3,6-7,10-11H2,1H3. The van der Waals surface area contributed by atoms with Crippen LogP contribution in [0.2, 0.25) is 0 Å². The Morgan fingerprint density at radius 2 is 2.05 bits per heavy atom. The smallest absolute Gasteiger partial charge is 0.223 e. The van der Waals surface area contributed by atoms with Gasteiger partial charge in [-0.15, -0.1) is 0 Å². The third-order valence-corrected chi connectivity index (χ3v) is 3.37. The van der Waals surface area contributed by atoms with E-state index in [4.69, 9.17) is 9.84 Å². The second kappa shape index (κ2) is 6.57. The Balaban J connectivity index is 1.97. The SMILES string of the molecule is COc1ccc(CN(C(=O)CCCO)C2CC2)cc1. The van der Waals surface area contributed by atoms with Gasteiger partial charge in [-0.05, 0) is 37.0 Å². The summed E-state index contributed by atoms with van der Waals surface area (Å²) >= 11 is 0. The molecule has 1 saturated carbocycles. The van der Waals surface area contributed by atoms with Crippen LogP contribution in [0.25, 0.3) is 0 Å². The number of amides is 1. The summed E-state index contributed by atoms with van der Waals surface area (Å²) in [6.07, 6.45) is 3.18. The molecule has 0 spiro atoms. The Morgan fingerprint density at radius 3 is 2.58 bits per heavy atom. The molecule has 1 aliphatic carbocycles. The molecule has 1 fully saturated rings. The normalized spacial score (nSPS) is 14.2. The van der Waals surface area contributed by atoms with Gasteiger partial charge in [0.05, 0.1) is 7.11 Å². The van der Waals surface area contributed by atoms with Crippen LogP contribution in [0.3, 0.4) is 0 Å². The molecule has 2 rings (SSSR count). The number of carbonyl (C=O) groups is 1. The second-order valence-electron chi connectivity index (χ2n) is 4.93. The average Bonchev–Trinajstić information content (AvgIpc) is 3.27. The van der Waals surface area contributed by atoms with E-state index in [0.29, 0.717) is 25.4 Å². The lowest BCUT2D eigenvalue weighted by atomic mass is 10.2. The fourth-order valence-electron chi connectivity index (χ4n) is 2.11. The van der Waals surface area contributed by atoms with Gasteiger partial charge in [-0.25, -0.2) is 0 Å². The molecule has 0 heterocycles. The van der Waals surface area contributed by atoms with Gasteiger partial charge < -0.3 is 14.7 Å². The molecule has 0 unspecified atom stereocenters. The molecule has 0 bridgehead atoms. The zero-order valence-electron chi connectivity index (χ0n) is 11.3. The van der Waals surface area contributed by atoms with Crippen LogP contribution in [0.5, 0.6) is 5.75 Å². The lowest BCUT2D eigenvalue weighted by Gasteiger charge is -2.22. The van der Waals surface area contributed by atoms with Gasteiger partial charge in [-0.3, -0.25) is 4.79 Å².